The number of hydrogen-bond donors (Lipinski definition) is 1. The van der Waals surface area contributed by atoms with Crippen molar-refractivity contribution in [1.29, 1.82) is 0 Å². The largest absolute Gasteiger partial charge is 0.511 e. The maximum Gasteiger partial charge on any atom is 0.219 e. The molecular weight excluding hydrogens is 398 g/mol. The smallest absolute Gasteiger partial charge is 0.219 e. The normalized spacial score (nSPS) is 20.8. The number of pyridine rings is 1. The number of aryl methyl sites for hydroxylation is 1. The number of Topliss-reactive ketones (excluding diaryl/α,β-unsaturated/α-hetero) is 1. The van der Waals surface area contributed by atoms with Crippen molar-refractivity contribution in [3.63, 3.8) is 0 Å². The molecule has 0 amide bonds. The summed E-state index contributed by atoms with van der Waals surface area (Å²) in [6.07, 6.45) is 3.29. The van der Waals surface area contributed by atoms with Gasteiger partial charge in [-0.25, -0.2) is 4.98 Å². The van der Waals surface area contributed by atoms with Crippen LogP contribution in [0.1, 0.15) is 37.3 Å². The number of halogens is 1. The summed E-state index contributed by atoms with van der Waals surface area (Å²) in [5.41, 5.74) is 3.08. The van der Waals surface area contributed by atoms with Crippen LogP contribution in [0.4, 0.5) is 0 Å². The predicted molar refractivity (Wildman–Crippen MR) is 118 cm³/mol. The molecule has 152 valence electrons. The number of ether oxygens (including phenoxy) is 1. The highest BCUT2D eigenvalue weighted by Gasteiger charge is 2.41. The monoisotopic (exact) mass is 419 g/mol. The number of carbonyl (C=O) groups excluding carboxylic acids is 1. The van der Waals surface area contributed by atoms with E-state index >= 15 is 0 Å². The number of aromatic nitrogens is 1. The van der Waals surface area contributed by atoms with Gasteiger partial charge in [0.05, 0.1) is 11.1 Å². The molecule has 4 nitrogen and oxygen atoms in total. The van der Waals surface area contributed by atoms with Crippen molar-refractivity contribution in [2.24, 2.45) is 11.8 Å². The van der Waals surface area contributed by atoms with E-state index in [-0.39, 0.29) is 23.4 Å². The lowest BCUT2D eigenvalue weighted by Gasteiger charge is -2.23. The lowest BCUT2D eigenvalue weighted by atomic mass is 9.81. The summed E-state index contributed by atoms with van der Waals surface area (Å²) in [6, 6.07) is 14.9. The molecule has 0 saturated heterocycles. The van der Waals surface area contributed by atoms with E-state index < -0.39 is 0 Å². The minimum Gasteiger partial charge on any atom is -0.511 e. The van der Waals surface area contributed by atoms with Crippen LogP contribution >= 0.6 is 11.6 Å². The molecule has 2 aliphatic rings. The van der Waals surface area contributed by atoms with Crippen LogP contribution in [0.3, 0.4) is 0 Å². The van der Waals surface area contributed by atoms with Gasteiger partial charge in [-0.15, -0.1) is 0 Å². The van der Waals surface area contributed by atoms with Crippen LogP contribution in [-0.2, 0) is 11.2 Å². The minimum atomic E-state index is 0.0316. The number of benzene rings is 2. The summed E-state index contributed by atoms with van der Waals surface area (Å²) in [7, 11) is 0. The van der Waals surface area contributed by atoms with Gasteiger partial charge in [0.1, 0.15) is 11.5 Å². The van der Waals surface area contributed by atoms with E-state index in [0.29, 0.717) is 22.2 Å². The Morgan fingerprint density at radius 2 is 1.93 bits per heavy atom. The third-order valence-corrected chi connectivity index (χ3v) is 6.51. The highest BCUT2D eigenvalue weighted by atomic mass is 35.5. The number of hydrogen-bond acceptors (Lipinski definition) is 4. The lowest BCUT2D eigenvalue weighted by molar-refractivity contribution is -0.117. The molecule has 1 heterocycles. The second-order valence-corrected chi connectivity index (χ2v) is 8.53. The Labute approximate surface area is 180 Å². The van der Waals surface area contributed by atoms with Crippen molar-refractivity contribution >= 4 is 33.9 Å². The second kappa shape index (κ2) is 7.44. The molecular formula is C25H22ClNO3. The van der Waals surface area contributed by atoms with Crippen molar-refractivity contribution < 1.29 is 14.6 Å². The molecule has 0 aliphatic heterocycles. The number of fused-ring (bicyclic) bond motifs is 3. The zero-order valence-electron chi connectivity index (χ0n) is 16.7. The standard InChI is InChI=1S/C25H22ClNO3/c1-2-14-5-8-19(30-22-10-6-15-12-18(26)7-9-21(15)27-22)13-20(14)23-24(28)16-3-4-17(11-16)25(23)29/h5-10,12-13,16-17,28H,2-4,11H2,1H3/t16-,17+/m0/s1. The molecule has 2 aromatic carbocycles. The van der Waals surface area contributed by atoms with Crippen LogP contribution < -0.4 is 4.74 Å². The molecule has 5 rings (SSSR count). The molecule has 0 spiro atoms. The van der Waals surface area contributed by atoms with Gasteiger partial charge in [0, 0.05) is 28.3 Å². The van der Waals surface area contributed by atoms with Gasteiger partial charge in [0.15, 0.2) is 5.78 Å². The Morgan fingerprint density at radius 3 is 2.77 bits per heavy atom. The van der Waals surface area contributed by atoms with Crippen molar-refractivity contribution in [2.45, 2.75) is 32.6 Å². The number of nitrogens with zero attached hydrogens (tertiary/aromatic N) is 1. The summed E-state index contributed by atoms with van der Waals surface area (Å²) < 4.78 is 6.03. The molecule has 0 radical (unpaired) electrons. The van der Waals surface area contributed by atoms with E-state index in [9.17, 15) is 9.90 Å². The Balaban J connectivity index is 1.53. The van der Waals surface area contributed by atoms with Crippen LogP contribution in [-0.4, -0.2) is 15.9 Å². The first-order valence-corrected chi connectivity index (χ1v) is 10.8. The summed E-state index contributed by atoms with van der Waals surface area (Å²) >= 11 is 6.05. The average Bonchev–Trinajstić information content (AvgIpc) is 3.20. The number of rotatable bonds is 4. The van der Waals surface area contributed by atoms with Gasteiger partial charge in [0.2, 0.25) is 5.88 Å². The van der Waals surface area contributed by atoms with Crippen LogP contribution in [0, 0.1) is 11.8 Å². The van der Waals surface area contributed by atoms with Gasteiger partial charge in [-0.1, -0.05) is 24.6 Å². The molecule has 1 saturated carbocycles. The Bertz CT molecular complexity index is 1200. The third-order valence-electron chi connectivity index (χ3n) is 6.27. The topological polar surface area (TPSA) is 59.4 Å². The summed E-state index contributed by atoms with van der Waals surface area (Å²) in [6.45, 7) is 2.05. The van der Waals surface area contributed by atoms with Crippen LogP contribution in [0.15, 0.2) is 54.3 Å². The number of aliphatic hydroxyl groups excluding tert-OH is 1. The van der Waals surface area contributed by atoms with Crippen LogP contribution in [0.25, 0.3) is 16.5 Å². The maximum atomic E-state index is 13.0. The fourth-order valence-electron chi connectivity index (χ4n) is 4.69. The molecule has 5 heteroatoms. The first-order chi connectivity index (χ1) is 14.5. The molecule has 1 N–H and O–H groups in total. The average molecular weight is 420 g/mol. The van der Waals surface area contributed by atoms with Gasteiger partial charge in [-0.3, -0.25) is 4.79 Å². The molecule has 2 bridgehead atoms. The zero-order valence-corrected chi connectivity index (χ0v) is 17.4. The van der Waals surface area contributed by atoms with E-state index in [1.807, 2.05) is 36.4 Å². The Kier molecular flexibility index (Phi) is 4.75. The maximum absolute atomic E-state index is 13.0. The third kappa shape index (κ3) is 3.25. The molecule has 1 fully saturated rings. The first-order valence-electron chi connectivity index (χ1n) is 10.4. The number of aliphatic hydroxyl groups is 1. The van der Waals surface area contributed by atoms with Crippen LogP contribution in [0.2, 0.25) is 5.02 Å². The van der Waals surface area contributed by atoms with E-state index in [2.05, 4.69) is 11.9 Å². The zero-order chi connectivity index (χ0) is 20.8. The highest BCUT2D eigenvalue weighted by molar-refractivity contribution is 6.31. The van der Waals surface area contributed by atoms with E-state index in [1.165, 1.54) is 0 Å². The minimum absolute atomic E-state index is 0.0316. The highest BCUT2D eigenvalue weighted by Crippen LogP contribution is 2.46. The summed E-state index contributed by atoms with van der Waals surface area (Å²) in [5.74, 6) is 1.51. The van der Waals surface area contributed by atoms with Crippen molar-refractivity contribution in [3.8, 4) is 11.6 Å². The molecule has 30 heavy (non-hydrogen) atoms. The second-order valence-electron chi connectivity index (χ2n) is 8.09. The molecule has 1 aromatic heterocycles. The Hall–Kier alpha value is -2.85. The van der Waals surface area contributed by atoms with Crippen molar-refractivity contribution in [3.05, 3.63) is 70.4 Å². The molecule has 2 atom stereocenters. The summed E-state index contributed by atoms with van der Waals surface area (Å²) in [4.78, 5) is 17.6. The fourth-order valence-corrected chi connectivity index (χ4v) is 4.87. The predicted octanol–water partition coefficient (Wildman–Crippen LogP) is 6.51. The molecule has 0 unspecified atom stereocenters. The van der Waals surface area contributed by atoms with Crippen molar-refractivity contribution in [1.82, 2.24) is 4.98 Å². The van der Waals surface area contributed by atoms with E-state index in [0.717, 1.165) is 47.7 Å². The van der Waals surface area contributed by atoms with Gasteiger partial charge in [-0.05, 0) is 73.2 Å². The Morgan fingerprint density at radius 1 is 1.10 bits per heavy atom. The molecule has 3 aromatic rings. The van der Waals surface area contributed by atoms with Crippen LogP contribution in [0.5, 0.6) is 11.6 Å². The van der Waals surface area contributed by atoms with E-state index in [1.54, 1.807) is 12.1 Å². The van der Waals surface area contributed by atoms with E-state index in [4.69, 9.17) is 16.3 Å². The van der Waals surface area contributed by atoms with Gasteiger partial charge in [-0.2, -0.15) is 0 Å². The van der Waals surface area contributed by atoms with Gasteiger partial charge < -0.3 is 9.84 Å². The van der Waals surface area contributed by atoms with Crippen molar-refractivity contribution in [2.75, 3.05) is 0 Å². The quantitative estimate of drug-likeness (QED) is 0.523. The fraction of sp³-hybridized carbons (Fsp3) is 0.280. The lowest BCUT2D eigenvalue weighted by Crippen LogP contribution is -2.21. The number of carbonyl (C=O) groups is 1. The van der Waals surface area contributed by atoms with Gasteiger partial charge in [0.25, 0.3) is 0 Å². The van der Waals surface area contributed by atoms with Gasteiger partial charge >= 0.3 is 0 Å². The molecule has 2 aliphatic carbocycles. The summed E-state index contributed by atoms with van der Waals surface area (Å²) in [5, 5.41) is 12.4. The number of allylic oxidation sites excluding steroid dienone is 2. The number of ketones is 1. The SMILES string of the molecule is CCc1ccc(Oc2ccc3cc(Cl)ccc3n2)cc1C1=C(O)[C@H]2CC[C@H](C2)C1=O. The first kappa shape index (κ1) is 19.1.